The van der Waals surface area contributed by atoms with Crippen molar-refractivity contribution in [1.29, 1.82) is 0 Å². The second-order valence-electron chi connectivity index (χ2n) is 5.69. The van der Waals surface area contributed by atoms with Gasteiger partial charge >= 0.3 is 0 Å². The molecule has 116 valence electrons. The summed E-state index contributed by atoms with van der Waals surface area (Å²) in [4.78, 5) is 12.3. The number of hydrogen-bond acceptors (Lipinski definition) is 2. The van der Waals surface area contributed by atoms with Crippen molar-refractivity contribution in [3.8, 4) is 0 Å². The number of nitrogens with one attached hydrogen (secondary N) is 1. The molecule has 1 unspecified atom stereocenters. The molecule has 0 aliphatic carbocycles. The average Bonchev–Trinajstić information content (AvgIpc) is 3.20. The zero-order valence-corrected chi connectivity index (χ0v) is 12.7. The van der Waals surface area contributed by atoms with E-state index in [0.29, 0.717) is 24.9 Å². The fraction of sp³-hybridized carbons (Fsp3) is 0.389. The van der Waals surface area contributed by atoms with Gasteiger partial charge in [0.2, 0.25) is 0 Å². The first kappa shape index (κ1) is 14.9. The SMILES string of the molecule is O=C(NCCC1CCCO1)c1cccn1Cc1ccccc1. The molecule has 1 atom stereocenters. The standard InChI is InChI=1S/C18H22N2O2/c21-18(19-11-10-16-8-5-13-22-16)17-9-4-12-20(17)14-15-6-2-1-3-7-15/h1-4,6-7,9,12,16H,5,8,10-11,13-14H2,(H,19,21). The average molecular weight is 298 g/mol. The fourth-order valence-corrected chi connectivity index (χ4v) is 2.85. The lowest BCUT2D eigenvalue weighted by Crippen LogP contribution is -2.28. The predicted molar refractivity (Wildman–Crippen MR) is 85.9 cm³/mol. The number of aromatic nitrogens is 1. The third-order valence-corrected chi connectivity index (χ3v) is 4.03. The monoisotopic (exact) mass is 298 g/mol. The van der Waals surface area contributed by atoms with Gasteiger partial charge in [-0.15, -0.1) is 0 Å². The molecule has 4 heteroatoms. The van der Waals surface area contributed by atoms with Crippen LogP contribution in [-0.4, -0.2) is 29.7 Å². The first-order valence-corrected chi connectivity index (χ1v) is 7.92. The number of amides is 1. The molecule has 2 aromatic rings. The molecule has 1 aromatic carbocycles. The van der Waals surface area contributed by atoms with Crippen LogP contribution in [0.4, 0.5) is 0 Å². The molecule has 1 aliphatic rings. The summed E-state index contributed by atoms with van der Waals surface area (Å²) in [6.45, 7) is 2.24. The summed E-state index contributed by atoms with van der Waals surface area (Å²) in [6.07, 6.45) is 5.41. The molecular weight excluding hydrogens is 276 g/mol. The minimum atomic E-state index is -0.0149. The first-order chi connectivity index (χ1) is 10.8. The van der Waals surface area contributed by atoms with Gasteiger partial charge in [0.15, 0.2) is 0 Å². The van der Waals surface area contributed by atoms with Gasteiger partial charge < -0.3 is 14.6 Å². The summed E-state index contributed by atoms with van der Waals surface area (Å²) in [5, 5.41) is 3.00. The van der Waals surface area contributed by atoms with Crippen LogP contribution in [0, 0.1) is 0 Å². The number of carbonyl (C=O) groups is 1. The van der Waals surface area contributed by atoms with E-state index in [1.165, 1.54) is 5.56 Å². The van der Waals surface area contributed by atoms with Crippen molar-refractivity contribution in [3.05, 3.63) is 59.9 Å². The Kier molecular flexibility index (Phi) is 4.91. The summed E-state index contributed by atoms with van der Waals surface area (Å²) in [6, 6.07) is 13.9. The summed E-state index contributed by atoms with van der Waals surface area (Å²) in [5.74, 6) is -0.0149. The van der Waals surface area contributed by atoms with Crippen molar-refractivity contribution in [2.45, 2.75) is 31.9 Å². The largest absolute Gasteiger partial charge is 0.378 e. The highest BCUT2D eigenvalue weighted by molar-refractivity contribution is 5.92. The van der Waals surface area contributed by atoms with Crippen LogP contribution in [0.15, 0.2) is 48.7 Å². The van der Waals surface area contributed by atoms with Gasteiger partial charge in [-0.1, -0.05) is 30.3 Å². The summed E-state index contributed by atoms with van der Waals surface area (Å²) in [5.41, 5.74) is 1.89. The van der Waals surface area contributed by atoms with Crippen LogP contribution >= 0.6 is 0 Å². The molecule has 1 saturated heterocycles. The molecule has 0 bridgehead atoms. The smallest absolute Gasteiger partial charge is 0.267 e. The highest BCUT2D eigenvalue weighted by atomic mass is 16.5. The Balaban J connectivity index is 1.55. The van der Waals surface area contributed by atoms with Gasteiger partial charge in [0.1, 0.15) is 5.69 Å². The Morgan fingerprint density at radius 2 is 2.09 bits per heavy atom. The number of hydrogen-bond donors (Lipinski definition) is 1. The lowest BCUT2D eigenvalue weighted by molar-refractivity contribution is 0.0900. The van der Waals surface area contributed by atoms with Crippen molar-refractivity contribution in [2.75, 3.05) is 13.2 Å². The maximum atomic E-state index is 12.3. The van der Waals surface area contributed by atoms with Gasteiger partial charge in [-0.2, -0.15) is 0 Å². The van der Waals surface area contributed by atoms with Gasteiger partial charge in [0.25, 0.3) is 5.91 Å². The molecule has 1 amide bonds. The van der Waals surface area contributed by atoms with E-state index in [4.69, 9.17) is 4.74 Å². The second kappa shape index (κ2) is 7.27. The van der Waals surface area contributed by atoms with Crippen LogP contribution in [0.2, 0.25) is 0 Å². The molecule has 1 aliphatic heterocycles. The Morgan fingerprint density at radius 3 is 2.86 bits per heavy atom. The van der Waals surface area contributed by atoms with Gasteiger partial charge in [-0.05, 0) is 37.0 Å². The summed E-state index contributed by atoms with van der Waals surface area (Å²) >= 11 is 0. The highest BCUT2D eigenvalue weighted by Gasteiger charge is 2.16. The van der Waals surface area contributed by atoms with Crippen LogP contribution in [0.5, 0.6) is 0 Å². The highest BCUT2D eigenvalue weighted by Crippen LogP contribution is 2.14. The minimum Gasteiger partial charge on any atom is -0.378 e. The molecule has 1 N–H and O–H groups in total. The van der Waals surface area contributed by atoms with Crippen LogP contribution in [0.1, 0.15) is 35.3 Å². The van der Waals surface area contributed by atoms with E-state index in [-0.39, 0.29) is 5.91 Å². The molecule has 22 heavy (non-hydrogen) atoms. The predicted octanol–water partition coefficient (Wildman–Crippen LogP) is 2.84. The Morgan fingerprint density at radius 1 is 1.23 bits per heavy atom. The van der Waals surface area contributed by atoms with Gasteiger partial charge in [0.05, 0.1) is 6.10 Å². The minimum absolute atomic E-state index is 0.0149. The van der Waals surface area contributed by atoms with E-state index in [9.17, 15) is 4.79 Å². The van der Waals surface area contributed by atoms with Gasteiger partial charge in [-0.3, -0.25) is 4.79 Å². The van der Waals surface area contributed by atoms with Gasteiger partial charge in [0, 0.05) is 25.9 Å². The maximum absolute atomic E-state index is 12.3. The molecule has 0 radical (unpaired) electrons. The molecule has 0 saturated carbocycles. The van der Waals surface area contributed by atoms with Crippen LogP contribution in [0.25, 0.3) is 0 Å². The Bertz CT molecular complexity index is 601. The molecule has 1 aromatic heterocycles. The van der Waals surface area contributed by atoms with Crippen LogP contribution in [0.3, 0.4) is 0 Å². The lowest BCUT2D eigenvalue weighted by atomic mass is 10.2. The third kappa shape index (κ3) is 3.77. The zero-order valence-electron chi connectivity index (χ0n) is 12.7. The van der Waals surface area contributed by atoms with Crippen LogP contribution < -0.4 is 5.32 Å². The molecule has 3 rings (SSSR count). The van der Waals surface area contributed by atoms with E-state index in [1.807, 2.05) is 41.1 Å². The van der Waals surface area contributed by atoms with E-state index < -0.39 is 0 Å². The van der Waals surface area contributed by atoms with E-state index in [1.54, 1.807) is 0 Å². The normalized spacial score (nSPS) is 17.5. The second-order valence-corrected chi connectivity index (χ2v) is 5.69. The zero-order chi connectivity index (χ0) is 15.2. The quantitative estimate of drug-likeness (QED) is 0.891. The van der Waals surface area contributed by atoms with E-state index in [0.717, 1.165) is 25.9 Å². The lowest BCUT2D eigenvalue weighted by Gasteiger charge is -2.12. The maximum Gasteiger partial charge on any atom is 0.267 e. The molecule has 1 fully saturated rings. The number of nitrogens with zero attached hydrogens (tertiary/aromatic N) is 1. The van der Waals surface area contributed by atoms with Crippen molar-refractivity contribution in [1.82, 2.24) is 9.88 Å². The topological polar surface area (TPSA) is 43.3 Å². The molecule has 2 heterocycles. The number of ether oxygens (including phenoxy) is 1. The van der Waals surface area contributed by atoms with Crippen molar-refractivity contribution in [2.24, 2.45) is 0 Å². The Labute approximate surface area is 131 Å². The van der Waals surface area contributed by atoms with Crippen molar-refractivity contribution < 1.29 is 9.53 Å². The molecule has 4 nitrogen and oxygen atoms in total. The number of rotatable bonds is 6. The fourth-order valence-electron chi connectivity index (χ4n) is 2.85. The number of benzene rings is 1. The van der Waals surface area contributed by atoms with E-state index >= 15 is 0 Å². The Hall–Kier alpha value is -2.07. The molecular formula is C18H22N2O2. The van der Waals surface area contributed by atoms with Gasteiger partial charge in [-0.25, -0.2) is 0 Å². The van der Waals surface area contributed by atoms with Crippen LogP contribution in [-0.2, 0) is 11.3 Å². The number of carbonyl (C=O) groups excluding carboxylic acids is 1. The van der Waals surface area contributed by atoms with Crippen molar-refractivity contribution >= 4 is 5.91 Å². The summed E-state index contributed by atoms with van der Waals surface area (Å²) < 4.78 is 7.55. The third-order valence-electron chi connectivity index (χ3n) is 4.03. The van der Waals surface area contributed by atoms with E-state index in [2.05, 4.69) is 17.4 Å². The van der Waals surface area contributed by atoms with Crippen molar-refractivity contribution in [3.63, 3.8) is 0 Å². The molecule has 0 spiro atoms. The first-order valence-electron chi connectivity index (χ1n) is 7.92. The summed E-state index contributed by atoms with van der Waals surface area (Å²) in [7, 11) is 0.